The Hall–Kier alpha value is -1.44. The Morgan fingerprint density at radius 1 is 1.22 bits per heavy atom. The van der Waals surface area contributed by atoms with E-state index in [9.17, 15) is 13.2 Å². The van der Waals surface area contributed by atoms with Gasteiger partial charge in [0.25, 0.3) is 0 Å². The fourth-order valence-electron chi connectivity index (χ4n) is 3.19. The fourth-order valence-corrected chi connectivity index (χ4v) is 4.36. The minimum atomic E-state index is -3.52. The lowest BCUT2D eigenvalue weighted by atomic mass is 9.98. The molecule has 1 aromatic carbocycles. The van der Waals surface area contributed by atoms with Gasteiger partial charge in [0.2, 0.25) is 15.9 Å². The number of piperidine rings is 1. The predicted octanol–water partition coefficient (Wildman–Crippen LogP) is 0.826. The minimum absolute atomic E-state index is 0.00571. The smallest absolute Gasteiger partial charge is 0.240 e. The number of nitrogens with zero attached hydrogens (tertiary/aromatic N) is 2. The van der Waals surface area contributed by atoms with Gasteiger partial charge in [-0.05, 0) is 62.7 Å². The second-order valence-electron chi connectivity index (χ2n) is 6.52. The monoisotopic (exact) mass is 337 g/mol. The summed E-state index contributed by atoms with van der Waals surface area (Å²) >= 11 is 0. The number of anilines is 1. The molecule has 2 heterocycles. The molecule has 1 aromatic rings. The van der Waals surface area contributed by atoms with Gasteiger partial charge in [0, 0.05) is 19.3 Å². The largest absolute Gasteiger partial charge is 0.315 e. The number of amides is 1. The summed E-state index contributed by atoms with van der Waals surface area (Å²) in [5.41, 5.74) is 1.57. The number of hydrogen-bond donors (Lipinski definition) is 1. The maximum Gasteiger partial charge on any atom is 0.240 e. The summed E-state index contributed by atoms with van der Waals surface area (Å²) in [4.78, 5) is 15.8. The quantitative estimate of drug-likeness (QED) is 0.883. The zero-order chi connectivity index (χ0) is 16.6. The van der Waals surface area contributed by atoms with Gasteiger partial charge in [-0.15, -0.1) is 0 Å². The molecule has 1 N–H and O–H groups in total. The minimum Gasteiger partial charge on any atom is -0.315 e. The first-order chi connectivity index (χ1) is 10.9. The molecule has 23 heavy (non-hydrogen) atoms. The van der Waals surface area contributed by atoms with E-state index in [2.05, 4.69) is 16.7 Å². The number of hydrogen-bond acceptors (Lipinski definition) is 4. The molecule has 0 aromatic heterocycles. The lowest BCUT2D eigenvalue weighted by molar-refractivity contribution is -0.117. The molecular formula is C16H23N3O3S. The van der Waals surface area contributed by atoms with Crippen LogP contribution in [-0.4, -0.2) is 53.0 Å². The van der Waals surface area contributed by atoms with Crippen molar-refractivity contribution in [2.75, 3.05) is 38.6 Å². The Morgan fingerprint density at radius 3 is 2.61 bits per heavy atom. The van der Waals surface area contributed by atoms with Crippen LogP contribution in [0, 0.1) is 5.92 Å². The molecule has 0 radical (unpaired) electrons. The molecule has 126 valence electrons. The first-order valence-corrected chi connectivity index (χ1v) is 9.43. The van der Waals surface area contributed by atoms with Gasteiger partial charge in [-0.1, -0.05) is 0 Å². The summed E-state index contributed by atoms with van der Waals surface area (Å²) in [7, 11) is 0.272. The Morgan fingerprint density at radius 2 is 1.91 bits per heavy atom. The van der Waals surface area contributed by atoms with Gasteiger partial charge in [0.05, 0.1) is 11.3 Å². The number of likely N-dealkylation sites (tertiary alicyclic amines) is 1. The molecule has 6 nitrogen and oxygen atoms in total. The zero-order valence-corrected chi connectivity index (χ0v) is 14.4. The molecule has 0 saturated carbocycles. The summed E-state index contributed by atoms with van der Waals surface area (Å²) in [5.74, 6) is 0.386. The van der Waals surface area contributed by atoms with Crippen molar-refractivity contribution in [1.29, 1.82) is 0 Å². The van der Waals surface area contributed by atoms with E-state index in [1.54, 1.807) is 30.1 Å². The van der Waals surface area contributed by atoms with E-state index >= 15 is 0 Å². The Labute approximate surface area is 137 Å². The van der Waals surface area contributed by atoms with Gasteiger partial charge in [-0.25, -0.2) is 13.1 Å². The van der Waals surface area contributed by atoms with Crippen LogP contribution in [0.25, 0.3) is 0 Å². The van der Waals surface area contributed by atoms with E-state index in [1.165, 1.54) is 0 Å². The van der Waals surface area contributed by atoms with Crippen molar-refractivity contribution < 1.29 is 13.2 Å². The van der Waals surface area contributed by atoms with E-state index in [-0.39, 0.29) is 17.2 Å². The topological polar surface area (TPSA) is 69.7 Å². The third-order valence-corrected chi connectivity index (χ3v) is 6.26. The van der Waals surface area contributed by atoms with Crippen LogP contribution in [0.3, 0.4) is 0 Å². The molecule has 7 heteroatoms. The van der Waals surface area contributed by atoms with Gasteiger partial charge >= 0.3 is 0 Å². The molecular weight excluding hydrogens is 314 g/mol. The summed E-state index contributed by atoms with van der Waals surface area (Å²) in [5, 5.41) is 0. The third kappa shape index (κ3) is 3.41. The number of carbonyl (C=O) groups excluding carboxylic acids is 1. The molecule has 2 aliphatic heterocycles. The lowest BCUT2D eigenvalue weighted by Crippen LogP contribution is -2.36. The summed E-state index contributed by atoms with van der Waals surface area (Å²) in [6.07, 6.45) is 2.30. The van der Waals surface area contributed by atoms with Crippen LogP contribution in [0.5, 0.6) is 0 Å². The van der Waals surface area contributed by atoms with Crippen LogP contribution in [0.4, 0.5) is 5.69 Å². The van der Waals surface area contributed by atoms with Gasteiger partial charge in [-0.3, -0.25) is 4.79 Å². The number of nitrogens with one attached hydrogen (secondary N) is 1. The normalized spacial score (nSPS) is 20.1. The molecule has 0 unspecified atom stereocenters. The van der Waals surface area contributed by atoms with Crippen LogP contribution < -0.4 is 9.62 Å². The number of likely N-dealkylation sites (N-methyl/N-ethyl adjacent to an activating group) is 1. The average molecular weight is 337 g/mol. The molecule has 0 atom stereocenters. The molecule has 1 fully saturated rings. The van der Waals surface area contributed by atoms with Crippen molar-refractivity contribution in [3.05, 3.63) is 23.8 Å². The standard InChI is InChI=1S/C16H23N3O3S/c1-18-7-5-12(6-8-18)11-17-23(21,22)14-3-4-15-13(9-14)10-16(20)19(15)2/h3-4,9,12,17H,5-8,10-11H2,1-2H3. The summed E-state index contributed by atoms with van der Waals surface area (Å²) in [6.45, 7) is 2.51. The van der Waals surface area contributed by atoms with Crippen molar-refractivity contribution in [2.24, 2.45) is 5.92 Å². The molecule has 1 saturated heterocycles. The van der Waals surface area contributed by atoms with Crippen LogP contribution >= 0.6 is 0 Å². The van der Waals surface area contributed by atoms with Crippen molar-refractivity contribution in [2.45, 2.75) is 24.2 Å². The second-order valence-corrected chi connectivity index (χ2v) is 8.29. The maximum atomic E-state index is 12.5. The molecule has 0 bridgehead atoms. The van der Waals surface area contributed by atoms with E-state index in [0.29, 0.717) is 12.5 Å². The average Bonchev–Trinajstić information content (AvgIpc) is 2.81. The van der Waals surface area contributed by atoms with Crippen molar-refractivity contribution in [3.63, 3.8) is 0 Å². The lowest BCUT2D eigenvalue weighted by Gasteiger charge is -2.28. The van der Waals surface area contributed by atoms with Gasteiger partial charge < -0.3 is 9.80 Å². The van der Waals surface area contributed by atoms with Crippen molar-refractivity contribution >= 4 is 21.6 Å². The van der Waals surface area contributed by atoms with Crippen molar-refractivity contribution in [3.8, 4) is 0 Å². The third-order valence-electron chi connectivity index (χ3n) is 4.84. The highest BCUT2D eigenvalue weighted by Crippen LogP contribution is 2.29. The first kappa shape index (κ1) is 16.4. The van der Waals surface area contributed by atoms with Gasteiger partial charge in [0.15, 0.2) is 0 Å². The fraction of sp³-hybridized carbons (Fsp3) is 0.562. The van der Waals surface area contributed by atoms with Crippen LogP contribution in [0.15, 0.2) is 23.1 Å². The highest BCUT2D eigenvalue weighted by Gasteiger charge is 2.26. The molecule has 0 aliphatic carbocycles. The van der Waals surface area contributed by atoms with Gasteiger partial charge in [-0.2, -0.15) is 0 Å². The number of rotatable bonds is 4. The Bertz CT molecular complexity index is 709. The molecule has 0 spiro atoms. The summed E-state index contributed by atoms with van der Waals surface area (Å²) < 4.78 is 27.7. The van der Waals surface area contributed by atoms with E-state index in [4.69, 9.17) is 0 Å². The highest BCUT2D eigenvalue weighted by atomic mass is 32.2. The van der Waals surface area contributed by atoms with E-state index in [1.807, 2.05) is 0 Å². The molecule has 2 aliphatic rings. The SMILES string of the molecule is CN1CCC(CNS(=O)(=O)c2ccc3c(c2)CC(=O)N3C)CC1. The van der Waals surface area contributed by atoms with Gasteiger partial charge in [0.1, 0.15) is 0 Å². The number of benzene rings is 1. The van der Waals surface area contributed by atoms with Crippen LogP contribution in [0.2, 0.25) is 0 Å². The predicted molar refractivity (Wildman–Crippen MR) is 89.0 cm³/mol. The number of carbonyl (C=O) groups is 1. The van der Waals surface area contributed by atoms with E-state index in [0.717, 1.165) is 37.2 Å². The van der Waals surface area contributed by atoms with Crippen LogP contribution in [-0.2, 0) is 21.2 Å². The highest BCUT2D eigenvalue weighted by molar-refractivity contribution is 7.89. The zero-order valence-electron chi connectivity index (χ0n) is 13.6. The first-order valence-electron chi connectivity index (χ1n) is 7.94. The number of sulfonamides is 1. The second kappa shape index (κ2) is 6.22. The van der Waals surface area contributed by atoms with Crippen molar-refractivity contribution in [1.82, 2.24) is 9.62 Å². The van der Waals surface area contributed by atoms with E-state index < -0.39 is 10.0 Å². The Kier molecular flexibility index (Phi) is 4.44. The molecule has 3 rings (SSSR count). The molecule has 1 amide bonds. The number of fused-ring (bicyclic) bond motifs is 1. The Balaban J connectivity index is 1.69. The maximum absolute atomic E-state index is 12.5. The van der Waals surface area contributed by atoms with Crippen LogP contribution in [0.1, 0.15) is 18.4 Å². The summed E-state index contributed by atoms with van der Waals surface area (Å²) in [6, 6.07) is 4.91.